The Kier molecular flexibility index (Phi) is 5.13. The molecule has 1 aromatic carbocycles. The zero-order valence-corrected chi connectivity index (χ0v) is 14.7. The molecule has 2 aromatic rings. The topological polar surface area (TPSA) is 57.7 Å². The van der Waals surface area contributed by atoms with Crippen molar-refractivity contribution in [3.8, 4) is 0 Å². The summed E-state index contributed by atoms with van der Waals surface area (Å²) in [5.74, 6) is 0. The number of benzene rings is 1. The van der Waals surface area contributed by atoms with E-state index in [9.17, 15) is 13.2 Å². The van der Waals surface area contributed by atoms with Crippen LogP contribution >= 0.6 is 11.3 Å². The number of carbonyl (C=O) groups excluding carboxylic acids is 1. The second-order valence-electron chi connectivity index (χ2n) is 5.44. The lowest BCUT2D eigenvalue weighted by Gasteiger charge is -2.33. The summed E-state index contributed by atoms with van der Waals surface area (Å²) in [7, 11) is -3.41. The number of aldehydes is 1. The Balaban J connectivity index is 1.63. The number of sulfonamides is 1. The van der Waals surface area contributed by atoms with Gasteiger partial charge in [0.2, 0.25) is 10.0 Å². The molecule has 0 atom stereocenters. The van der Waals surface area contributed by atoms with Gasteiger partial charge in [-0.25, -0.2) is 8.42 Å². The molecule has 0 radical (unpaired) electrons. The van der Waals surface area contributed by atoms with Crippen LogP contribution in [0.25, 0.3) is 6.08 Å². The molecule has 24 heavy (non-hydrogen) atoms. The van der Waals surface area contributed by atoms with Crippen molar-refractivity contribution in [3.05, 3.63) is 58.3 Å². The molecule has 0 unspecified atom stereocenters. The lowest BCUT2D eigenvalue weighted by molar-refractivity contribution is 0.112. The predicted molar refractivity (Wildman–Crippen MR) is 97.9 cm³/mol. The van der Waals surface area contributed by atoms with Crippen molar-refractivity contribution in [3.63, 3.8) is 0 Å². The average Bonchev–Trinajstić information content (AvgIpc) is 3.10. The van der Waals surface area contributed by atoms with Gasteiger partial charge >= 0.3 is 0 Å². The molecule has 0 spiro atoms. The van der Waals surface area contributed by atoms with Gasteiger partial charge in [-0.05, 0) is 23.8 Å². The first kappa shape index (κ1) is 16.9. The fourth-order valence-corrected chi connectivity index (χ4v) is 4.60. The Hall–Kier alpha value is -1.96. The molecule has 0 aliphatic carbocycles. The number of rotatable bonds is 5. The molecular weight excluding hydrogens is 344 g/mol. The summed E-state index contributed by atoms with van der Waals surface area (Å²) in [6, 6.07) is 13.1. The monoisotopic (exact) mass is 362 g/mol. The van der Waals surface area contributed by atoms with Crippen molar-refractivity contribution in [2.75, 3.05) is 31.1 Å². The van der Waals surface area contributed by atoms with Gasteiger partial charge in [-0.2, -0.15) is 4.31 Å². The Morgan fingerprint density at radius 3 is 2.29 bits per heavy atom. The molecule has 5 nitrogen and oxygen atoms in total. The van der Waals surface area contributed by atoms with E-state index < -0.39 is 10.0 Å². The molecule has 1 aliphatic heterocycles. The van der Waals surface area contributed by atoms with Gasteiger partial charge in [0.25, 0.3) is 0 Å². The average molecular weight is 362 g/mol. The van der Waals surface area contributed by atoms with Crippen LogP contribution in [0, 0.1) is 0 Å². The minimum absolute atomic E-state index is 0.440. The highest BCUT2D eigenvalue weighted by atomic mass is 32.2. The third kappa shape index (κ3) is 3.92. The Bertz CT molecular complexity index is 821. The maximum atomic E-state index is 12.4. The lowest BCUT2D eigenvalue weighted by atomic mass is 10.2. The maximum absolute atomic E-state index is 12.4. The quantitative estimate of drug-likeness (QED) is 0.768. The van der Waals surface area contributed by atoms with Gasteiger partial charge in [-0.1, -0.05) is 30.3 Å². The van der Waals surface area contributed by atoms with Crippen LogP contribution in [-0.4, -0.2) is 45.2 Å². The zero-order chi connectivity index (χ0) is 17.0. The molecule has 126 valence electrons. The van der Waals surface area contributed by atoms with Crippen molar-refractivity contribution in [2.45, 2.75) is 0 Å². The van der Waals surface area contributed by atoms with Crippen LogP contribution in [0.2, 0.25) is 0 Å². The third-order valence-electron chi connectivity index (χ3n) is 3.87. The van der Waals surface area contributed by atoms with Crippen LogP contribution in [0.4, 0.5) is 5.00 Å². The summed E-state index contributed by atoms with van der Waals surface area (Å²) in [5, 5.41) is 2.28. The molecule has 0 saturated carbocycles. The summed E-state index contributed by atoms with van der Waals surface area (Å²) in [6.45, 7) is 2.13. The number of thiophene rings is 1. The highest BCUT2D eigenvalue weighted by Crippen LogP contribution is 2.26. The van der Waals surface area contributed by atoms with E-state index >= 15 is 0 Å². The number of hydrogen-bond acceptors (Lipinski definition) is 5. The van der Waals surface area contributed by atoms with Gasteiger partial charge in [0.15, 0.2) is 6.29 Å². The number of nitrogens with zero attached hydrogens (tertiary/aromatic N) is 2. The van der Waals surface area contributed by atoms with Crippen LogP contribution in [0.5, 0.6) is 0 Å². The smallest absolute Gasteiger partial charge is 0.236 e. The second-order valence-corrected chi connectivity index (χ2v) is 8.35. The number of piperazine rings is 1. The number of anilines is 1. The van der Waals surface area contributed by atoms with E-state index in [1.54, 1.807) is 12.1 Å². The Morgan fingerprint density at radius 1 is 0.958 bits per heavy atom. The van der Waals surface area contributed by atoms with Crippen LogP contribution in [0.1, 0.15) is 15.2 Å². The normalized spacial score (nSPS) is 16.6. The van der Waals surface area contributed by atoms with E-state index in [-0.39, 0.29) is 0 Å². The minimum Gasteiger partial charge on any atom is -0.361 e. The lowest BCUT2D eigenvalue weighted by Crippen LogP contribution is -2.47. The molecule has 1 fully saturated rings. The van der Waals surface area contributed by atoms with E-state index in [4.69, 9.17) is 0 Å². The van der Waals surface area contributed by atoms with Crippen molar-refractivity contribution < 1.29 is 13.2 Å². The van der Waals surface area contributed by atoms with Gasteiger partial charge in [0.05, 0.1) is 9.88 Å². The van der Waals surface area contributed by atoms with E-state index in [0.717, 1.165) is 16.9 Å². The third-order valence-corrected chi connectivity index (χ3v) is 6.51. The number of carbonyl (C=O) groups is 1. The van der Waals surface area contributed by atoms with E-state index in [1.807, 2.05) is 36.4 Å². The Morgan fingerprint density at radius 2 is 1.67 bits per heavy atom. The van der Waals surface area contributed by atoms with Gasteiger partial charge in [0, 0.05) is 31.6 Å². The molecule has 7 heteroatoms. The fourth-order valence-electron chi connectivity index (χ4n) is 2.55. The number of hydrogen-bond donors (Lipinski definition) is 0. The first-order valence-corrected chi connectivity index (χ1v) is 9.94. The van der Waals surface area contributed by atoms with Crippen molar-refractivity contribution in [1.82, 2.24) is 4.31 Å². The van der Waals surface area contributed by atoms with Crippen LogP contribution < -0.4 is 4.90 Å². The highest BCUT2D eigenvalue weighted by Gasteiger charge is 2.25. The van der Waals surface area contributed by atoms with Crippen molar-refractivity contribution >= 4 is 38.7 Å². The summed E-state index contributed by atoms with van der Waals surface area (Å²) in [5.41, 5.74) is 0.861. The van der Waals surface area contributed by atoms with Gasteiger partial charge in [-0.3, -0.25) is 4.79 Å². The first-order valence-electron chi connectivity index (χ1n) is 7.62. The second kappa shape index (κ2) is 7.29. The molecule has 2 heterocycles. The fraction of sp³-hybridized carbons (Fsp3) is 0.235. The van der Waals surface area contributed by atoms with Crippen LogP contribution in [-0.2, 0) is 10.0 Å². The van der Waals surface area contributed by atoms with E-state index in [2.05, 4.69) is 4.90 Å². The predicted octanol–water partition coefficient (Wildman–Crippen LogP) is 2.68. The van der Waals surface area contributed by atoms with Gasteiger partial charge < -0.3 is 4.90 Å². The van der Waals surface area contributed by atoms with Crippen LogP contribution in [0.3, 0.4) is 0 Å². The zero-order valence-electron chi connectivity index (χ0n) is 13.0. The summed E-state index contributed by atoms with van der Waals surface area (Å²) < 4.78 is 26.4. The summed E-state index contributed by atoms with van der Waals surface area (Å²) >= 11 is 1.43. The molecule has 0 bridgehead atoms. The van der Waals surface area contributed by atoms with Crippen molar-refractivity contribution in [1.29, 1.82) is 0 Å². The largest absolute Gasteiger partial charge is 0.361 e. The van der Waals surface area contributed by atoms with Crippen molar-refractivity contribution in [2.24, 2.45) is 0 Å². The summed E-state index contributed by atoms with van der Waals surface area (Å²) in [6.07, 6.45) is 2.46. The van der Waals surface area contributed by atoms with Gasteiger partial charge in [-0.15, -0.1) is 11.3 Å². The first-order chi connectivity index (χ1) is 11.6. The van der Waals surface area contributed by atoms with Gasteiger partial charge in [0.1, 0.15) is 0 Å². The molecule has 1 aliphatic rings. The highest BCUT2D eigenvalue weighted by molar-refractivity contribution is 7.92. The molecular formula is C17H18N2O3S2. The molecule has 1 aromatic heterocycles. The Labute approximate surface area is 145 Å². The van der Waals surface area contributed by atoms with E-state index in [1.165, 1.54) is 21.1 Å². The minimum atomic E-state index is -3.41. The molecule has 0 amide bonds. The summed E-state index contributed by atoms with van der Waals surface area (Å²) in [4.78, 5) is 13.6. The maximum Gasteiger partial charge on any atom is 0.236 e. The standard InChI is InChI=1S/C17H18N2O3S2/c20-14-16-6-7-17(23-16)18-9-11-19(12-10-18)24(21,22)13-8-15-4-2-1-3-5-15/h1-8,13-14H,9-12H2/b13-8+. The van der Waals surface area contributed by atoms with E-state index in [0.29, 0.717) is 31.1 Å². The van der Waals surface area contributed by atoms with Crippen LogP contribution in [0.15, 0.2) is 47.9 Å². The SMILES string of the molecule is O=Cc1ccc(N2CCN(S(=O)(=O)/C=C/c3ccccc3)CC2)s1. The molecule has 3 rings (SSSR count). The molecule has 1 saturated heterocycles. The molecule has 0 N–H and O–H groups in total.